The molecule has 0 saturated carbocycles. The van der Waals surface area contributed by atoms with Gasteiger partial charge in [-0.3, -0.25) is 19.2 Å². The Balaban J connectivity index is 1.66. The molecule has 2 N–H and O–H groups in total. The number of aryl methyl sites for hydroxylation is 1. The molecule has 9 nitrogen and oxygen atoms in total. The number of rotatable bonds is 15. The lowest BCUT2D eigenvalue weighted by Crippen LogP contribution is -2.35. The number of anilines is 1. The molecule has 0 unspecified atom stereocenters. The number of hydrogen-bond acceptors (Lipinski definition) is 7. The van der Waals surface area contributed by atoms with Crippen molar-refractivity contribution >= 4 is 29.3 Å². The second-order valence-electron chi connectivity index (χ2n) is 8.19. The first-order valence-corrected chi connectivity index (χ1v) is 11.9. The lowest BCUT2D eigenvalue weighted by atomic mass is 10.1. The van der Waals surface area contributed by atoms with Gasteiger partial charge in [-0.1, -0.05) is 25.8 Å². The van der Waals surface area contributed by atoms with Crippen LogP contribution in [0, 0.1) is 6.92 Å². The number of methoxy groups -OCH3 is 1. The summed E-state index contributed by atoms with van der Waals surface area (Å²) in [5.74, 6) is -0.784. The van der Waals surface area contributed by atoms with E-state index in [4.69, 9.17) is 14.2 Å². The van der Waals surface area contributed by atoms with E-state index >= 15 is 0 Å². The molecule has 0 spiro atoms. The number of unbranched alkanes of at least 4 members (excludes halogenated alkanes) is 2. The van der Waals surface area contributed by atoms with Crippen LogP contribution in [0.15, 0.2) is 42.5 Å². The minimum absolute atomic E-state index is 0.0438. The van der Waals surface area contributed by atoms with E-state index in [1.54, 1.807) is 36.4 Å². The highest BCUT2D eigenvalue weighted by atomic mass is 16.5. The molecule has 0 atom stereocenters. The number of esters is 1. The van der Waals surface area contributed by atoms with E-state index in [1.165, 1.54) is 7.11 Å². The summed E-state index contributed by atoms with van der Waals surface area (Å²) in [7, 11) is 1.49. The first-order chi connectivity index (χ1) is 17.3. The Kier molecular flexibility index (Phi) is 12.0. The minimum atomic E-state index is -0.677. The molecule has 0 aliphatic rings. The van der Waals surface area contributed by atoms with Gasteiger partial charge in [0.05, 0.1) is 32.4 Å². The number of amides is 2. The molecule has 0 saturated heterocycles. The monoisotopic (exact) mass is 498 g/mol. The summed E-state index contributed by atoms with van der Waals surface area (Å²) in [5, 5.41) is 5.04. The number of ether oxygens (including phenoxy) is 3. The quantitative estimate of drug-likeness (QED) is 0.217. The van der Waals surface area contributed by atoms with Crippen LogP contribution in [0.4, 0.5) is 5.69 Å². The van der Waals surface area contributed by atoms with Crippen LogP contribution >= 0.6 is 0 Å². The van der Waals surface area contributed by atoms with Crippen molar-refractivity contribution < 1.29 is 33.4 Å². The van der Waals surface area contributed by atoms with Gasteiger partial charge in [0.25, 0.3) is 5.91 Å². The zero-order chi connectivity index (χ0) is 26.3. The van der Waals surface area contributed by atoms with Crippen LogP contribution in [0.3, 0.4) is 0 Å². The summed E-state index contributed by atoms with van der Waals surface area (Å²) in [6.07, 6.45) is 3.00. The highest BCUT2D eigenvalue weighted by molar-refractivity contribution is 5.98. The van der Waals surface area contributed by atoms with Crippen LogP contribution < -0.4 is 20.1 Å². The van der Waals surface area contributed by atoms with Crippen LogP contribution in [0.1, 0.15) is 54.9 Å². The predicted molar refractivity (Wildman–Crippen MR) is 135 cm³/mol. The molecule has 0 bridgehead atoms. The van der Waals surface area contributed by atoms with Crippen molar-refractivity contribution in [3.8, 4) is 11.5 Å². The highest BCUT2D eigenvalue weighted by Gasteiger charge is 2.14. The number of benzene rings is 2. The van der Waals surface area contributed by atoms with Crippen LogP contribution in [-0.2, 0) is 19.1 Å². The Morgan fingerprint density at radius 1 is 0.917 bits per heavy atom. The molecular weight excluding hydrogens is 464 g/mol. The maximum Gasteiger partial charge on any atom is 0.306 e. The summed E-state index contributed by atoms with van der Waals surface area (Å²) < 4.78 is 15.7. The zero-order valence-electron chi connectivity index (χ0n) is 21.1. The molecule has 36 heavy (non-hydrogen) atoms. The molecule has 2 aromatic rings. The van der Waals surface area contributed by atoms with E-state index in [0.717, 1.165) is 24.8 Å². The molecule has 194 valence electrons. The van der Waals surface area contributed by atoms with Gasteiger partial charge < -0.3 is 24.8 Å². The van der Waals surface area contributed by atoms with Crippen molar-refractivity contribution in [2.24, 2.45) is 0 Å². The minimum Gasteiger partial charge on any atom is -0.495 e. The summed E-state index contributed by atoms with van der Waals surface area (Å²) in [6, 6.07) is 12.1. The van der Waals surface area contributed by atoms with Crippen LogP contribution in [0.2, 0.25) is 0 Å². The SMILES string of the molecule is CCCCCOc1ccc(C(=O)CCC(=O)OCC(=O)NCC(=O)Nc2cc(C)ccc2OC)cc1. The second-order valence-corrected chi connectivity index (χ2v) is 8.19. The van der Waals surface area contributed by atoms with Gasteiger partial charge in [-0.05, 0) is 55.3 Å². The third kappa shape index (κ3) is 10.2. The topological polar surface area (TPSA) is 120 Å². The Labute approximate surface area is 211 Å². The predicted octanol–water partition coefficient (Wildman–Crippen LogP) is 3.83. The maximum absolute atomic E-state index is 12.3. The van der Waals surface area contributed by atoms with Gasteiger partial charge in [0.2, 0.25) is 5.91 Å². The van der Waals surface area contributed by atoms with Crippen LogP contribution in [0.5, 0.6) is 11.5 Å². The average molecular weight is 499 g/mol. The van der Waals surface area contributed by atoms with E-state index < -0.39 is 24.4 Å². The van der Waals surface area contributed by atoms with Crippen molar-refractivity contribution in [3.63, 3.8) is 0 Å². The van der Waals surface area contributed by atoms with E-state index in [1.807, 2.05) is 13.0 Å². The normalized spacial score (nSPS) is 10.3. The fourth-order valence-electron chi connectivity index (χ4n) is 3.20. The molecule has 0 aliphatic carbocycles. The third-order valence-corrected chi connectivity index (χ3v) is 5.19. The largest absolute Gasteiger partial charge is 0.495 e. The first kappa shape index (κ1) is 28.4. The fourth-order valence-corrected chi connectivity index (χ4v) is 3.20. The van der Waals surface area contributed by atoms with E-state index in [0.29, 0.717) is 29.4 Å². The molecule has 0 heterocycles. The van der Waals surface area contributed by atoms with Gasteiger partial charge in [-0.15, -0.1) is 0 Å². The van der Waals surface area contributed by atoms with E-state index in [9.17, 15) is 19.2 Å². The first-order valence-electron chi connectivity index (χ1n) is 11.9. The molecule has 0 fully saturated rings. The summed E-state index contributed by atoms with van der Waals surface area (Å²) in [4.78, 5) is 48.3. The zero-order valence-corrected chi connectivity index (χ0v) is 21.1. The standard InChI is InChI=1S/C27H34N2O7/c1-4-5-6-15-35-21-10-8-20(9-11-21)23(30)12-14-27(33)36-18-26(32)28-17-25(31)29-22-16-19(2)7-13-24(22)34-3/h7-11,13,16H,4-6,12,14-15,17-18H2,1-3H3,(H,28,32)(H,29,31). The molecular formula is C27H34N2O7. The van der Waals surface area contributed by atoms with Gasteiger partial charge in [0, 0.05) is 12.0 Å². The Morgan fingerprint density at radius 2 is 1.67 bits per heavy atom. The van der Waals surface area contributed by atoms with Crippen molar-refractivity contribution in [2.75, 3.05) is 32.2 Å². The highest BCUT2D eigenvalue weighted by Crippen LogP contribution is 2.24. The van der Waals surface area contributed by atoms with Gasteiger partial charge in [0.15, 0.2) is 12.4 Å². The van der Waals surface area contributed by atoms with E-state index in [2.05, 4.69) is 17.6 Å². The van der Waals surface area contributed by atoms with Crippen LogP contribution in [-0.4, -0.2) is 50.4 Å². The summed E-state index contributed by atoms with van der Waals surface area (Å²) >= 11 is 0. The molecule has 2 amide bonds. The average Bonchev–Trinajstić information content (AvgIpc) is 2.88. The van der Waals surface area contributed by atoms with Crippen molar-refractivity contribution in [1.82, 2.24) is 5.32 Å². The lowest BCUT2D eigenvalue weighted by Gasteiger charge is -2.11. The van der Waals surface area contributed by atoms with Crippen molar-refractivity contribution in [2.45, 2.75) is 46.0 Å². The van der Waals surface area contributed by atoms with Gasteiger partial charge in [-0.25, -0.2) is 0 Å². The molecule has 2 aromatic carbocycles. The number of carbonyl (C=O) groups is 4. The fraction of sp³-hybridized carbons (Fsp3) is 0.407. The van der Waals surface area contributed by atoms with E-state index in [-0.39, 0.29) is 25.2 Å². The Morgan fingerprint density at radius 3 is 2.36 bits per heavy atom. The number of Topliss-reactive ketones (excluding diaryl/α,β-unsaturated/α-hetero) is 1. The summed E-state index contributed by atoms with van der Waals surface area (Å²) in [5.41, 5.74) is 1.89. The third-order valence-electron chi connectivity index (χ3n) is 5.19. The van der Waals surface area contributed by atoms with Crippen LogP contribution in [0.25, 0.3) is 0 Å². The molecule has 0 aliphatic heterocycles. The molecule has 0 radical (unpaired) electrons. The molecule has 0 aromatic heterocycles. The maximum atomic E-state index is 12.3. The smallest absolute Gasteiger partial charge is 0.306 e. The van der Waals surface area contributed by atoms with Crippen molar-refractivity contribution in [1.29, 1.82) is 0 Å². The molecule has 9 heteroatoms. The number of nitrogens with one attached hydrogen (secondary N) is 2. The Hall–Kier alpha value is -3.88. The Bertz CT molecular complexity index is 1030. The van der Waals surface area contributed by atoms with Gasteiger partial charge in [0.1, 0.15) is 11.5 Å². The molecule has 2 rings (SSSR count). The number of ketones is 1. The lowest BCUT2D eigenvalue weighted by molar-refractivity contribution is -0.148. The second kappa shape index (κ2) is 15.2. The number of hydrogen-bond donors (Lipinski definition) is 2. The summed E-state index contributed by atoms with van der Waals surface area (Å²) in [6.45, 7) is 3.78. The van der Waals surface area contributed by atoms with Crippen molar-refractivity contribution in [3.05, 3.63) is 53.6 Å². The van der Waals surface area contributed by atoms with Gasteiger partial charge >= 0.3 is 5.97 Å². The number of carbonyl (C=O) groups excluding carboxylic acids is 4. The van der Waals surface area contributed by atoms with Gasteiger partial charge in [-0.2, -0.15) is 0 Å².